The average molecular weight is 265 g/mol. The normalized spacial score (nSPS) is 27.4. The number of carboxylic acids is 1. The Hall–Kier alpha value is -1.36. The third-order valence-electron chi connectivity index (χ3n) is 4.53. The van der Waals surface area contributed by atoms with Crippen LogP contribution in [0.5, 0.6) is 0 Å². The van der Waals surface area contributed by atoms with E-state index in [1.165, 1.54) is 25.5 Å². The van der Waals surface area contributed by atoms with Gasteiger partial charge in [0.05, 0.1) is 11.9 Å². The van der Waals surface area contributed by atoms with Gasteiger partial charge in [-0.25, -0.2) is 4.79 Å². The van der Waals surface area contributed by atoms with Crippen molar-refractivity contribution in [1.29, 1.82) is 0 Å². The van der Waals surface area contributed by atoms with Crippen molar-refractivity contribution in [2.45, 2.75) is 45.7 Å². The second-order valence-electron chi connectivity index (χ2n) is 5.69. The number of carbonyl (C=O) groups is 1. The lowest BCUT2D eigenvalue weighted by atomic mass is 9.78. The van der Waals surface area contributed by atoms with Gasteiger partial charge in [0.1, 0.15) is 5.56 Å². The summed E-state index contributed by atoms with van der Waals surface area (Å²) in [6, 6.07) is 0.472. The van der Waals surface area contributed by atoms with Gasteiger partial charge in [-0.05, 0) is 18.3 Å². The van der Waals surface area contributed by atoms with Gasteiger partial charge in [0.25, 0.3) is 0 Å². The quantitative estimate of drug-likeness (QED) is 0.874. The Bertz CT molecular complexity index is 456. The fourth-order valence-corrected chi connectivity index (χ4v) is 2.95. The van der Waals surface area contributed by atoms with Gasteiger partial charge in [-0.2, -0.15) is 5.10 Å². The zero-order valence-corrected chi connectivity index (χ0v) is 11.9. The molecule has 0 spiro atoms. The van der Waals surface area contributed by atoms with E-state index in [1.807, 2.05) is 0 Å². The second kappa shape index (κ2) is 5.74. The average Bonchev–Trinajstić information content (AvgIpc) is 2.73. The maximum absolute atomic E-state index is 11.1. The van der Waals surface area contributed by atoms with Crippen molar-refractivity contribution >= 4 is 5.97 Å². The predicted molar refractivity (Wildman–Crippen MR) is 73.0 cm³/mol. The molecule has 5 nitrogen and oxygen atoms in total. The molecule has 1 heterocycles. The third kappa shape index (κ3) is 2.97. The first-order valence-corrected chi connectivity index (χ1v) is 6.98. The number of aromatic nitrogens is 2. The van der Waals surface area contributed by atoms with Gasteiger partial charge in [-0.15, -0.1) is 0 Å². The molecule has 3 unspecified atom stereocenters. The van der Waals surface area contributed by atoms with E-state index >= 15 is 0 Å². The number of nitrogens with zero attached hydrogens (tertiary/aromatic N) is 2. The van der Waals surface area contributed by atoms with Crippen molar-refractivity contribution in [2.24, 2.45) is 18.9 Å². The van der Waals surface area contributed by atoms with Crippen LogP contribution < -0.4 is 5.32 Å². The lowest BCUT2D eigenvalue weighted by molar-refractivity contribution is 0.0695. The Morgan fingerprint density at radius 3 is 2.95 bits per heavy atom. The Kier molecular flexibility index (Phi) is 4.24. The van der Waals surface area contributed by atoms with Gasteiger partial charge >= 0.3 is 5.97 Å². The van der Waals surface area contributed by atoms with Crippen LogP contribution in [0.4, 0.5) is 0 Å². The summed E-state index contributed by atoms with van der Waals surface area (Å²) in [7, 11) is 1.79. The molecule has 0 aromatic carbocycles. The van der Waals surface area contributed by atoms with Crippen molar-refractivity contribution < 1.29 is 9.90 Å². The summed E-state index contributed by atoms with van der Waals surface area (Å²) in [5.41, 5.74) is 1.05. The Morgan fingerprint density at radius 2 is 2.26 bits per heavy atom. The van der Waals surface area contributed by atoms with Crippen molar-refractivity contribution in [3.63, 3.8) is 0 Å². The lowest BCUT2D eigenvalue weighted by Gasteiger charge is -2.34. The fraction of sp³-hybridized carbons (Fsp3) is 0.714. The summed E-state index contributed by atoms with van der Waals surface area (Å²) in [5.74, 6) is 0.460. The van der Waals surface area contributed by atoms with E-state index in [1.54, 1.807) is 11.7 Å². The number of hydrogen-bond acceptors (Lipinski definition) is 3. The van der Waals surface area contributed by atoms with Crippen LogP contribution in [0.2, 0.25) is 0 Å². The summed E-state index contributed by atoms with van der Waals surface area (Å²) in [5, 5.41) is 16.7. The fourth-order valence-electron chi connectivity index (χ4n) is 2.95. The molecule has 1 aromatic rings. The summed E-state index contributed by atoms with van der Waals surface area (Å²) in [6.45, 7) is 5.15. The van der Waals surface area contributed by atoms with Crippen LogP contribution in [0, 0.1) is 11.8 Å². The first-order valence-electron chi connectivity index (χ1n) is 6.98. The minimum atomic E-state index is -0.907. The second-order valence-corrected chi connectivity index (χ2v) is 5.69. The number of aromatic carboxylic acids is 1. The van der Waals surface area contributed by atoms with E-state index in [-0.39, 0.29) is 0 Å². The topological polar surface area (TPSA) is 67.2 Å². The highest BCUT2D eigenvalue weighted by atomic mass is 16.4. The Balaban J connectivity index is 2.02. The summed E-state index contributed by atoms with van der Waals surface area (Å²) in [6.07, 6.45) is 5.14. The van der Waals surface area contributed by atoms with Gasteiger partial charge < -0.3 is 10.4 Å². The molecule has 0 bridgehead atoms. The van der Waals surface area contributed by atoms with Gasteiger partial charge in [-0.3, -0.25) is 4.68 Å². The third-order valence-corrected chi connectivity index (χ3v) is 4.53. The van der Waals surface area contributed by atoms with E-state index in [4.69, 9.17) is 5.11 Å². The van der Waals surface area contributed by atoms with Crippen molar-refractivity contribution in [2.75, 3.05) is 0 Å². The molecule has 2 rings (SSSR count). The van der Waals surface area contributed by atoms with Gasteiger partial charge in [0, 0.05) is 19.6 Å². The lowest BCUT2D eigenvalue weighted by Crippen LogP contribution is -2.40. The van der Waals surface area contributed by atoms with E-state index < -0.39 is 5.97 Å². The first-order chi connectivity index (χ1) is 9.00. The van der Waals surface area contributed by atoms with Crippen molar-refractivity contribution in [3.8, 4) is 0 Å². The van der Waals surface area contributed by atoms with Gasteiger partial charge in [0.15, 0.2) is 0 Å². The molecule has 0 radical (unpaired) electrons. The van der Waals surface area contributed by atoms with E-state index in [9.17, 15) is 4.79 Å². The molecule has 5 heteroatoms. The zero-order valence-electron chi connectivity index (χ0n) is 11.9. The molecule has 0 saturated heterocycles. The Labute approximate surface area is 114 Å². The molecule has 0 amide bonds. The van der Waals surface area contributed by atoms with Crippen molar-refractivity contribution in [1.82, 2.24) is 15.1 Å². The smallest absolute Gasteiger partial charge is 0.339 e. The van der Waals surface area contributed by atoms with Crippen LogP contribution in [-0.4, -0.2) is 26.9 Å². The highest BCUT2D eigenvalue weighted by molar-refractivity contribution is 5.88. The van der Waals surface area contributed by atoms with Crippen LogP contribution in [0.25, 0.3) is 0 Å². The van der Waals surface area contributed by atoms with Crippen molar-refractivity contribution in [3.05, 3.63) is 17.5 Å². The largest absolute Gasteiger partial charge is 0.478 e. The number of carboxylic acid groups (broad SMARTS) is 1. The van der Waals surface area contributed by atoms with Crippen LogP contribution in [0.3, 0.4) is 0 Å². The van der Waals surface area contributed by atoms with Gasteiger partial charge in [0.2, 0.25) is 0 Å². The molecule has 1 aliphatic rings. The molecule has 1 aliphatic carbocycles. The predicted octanol–water partition coefficient (Wildman–Crippen LogP) is 2.03. The minimum absolute atomic E-state index is 0.298. The summed E-state index contributed by atoms with van der Waals surface area (Å²) >= 11 is 0. The molecule has 19 heavy (non-hydrogen) atoms. The molecule has 3 atom stereocenters. The summed E-state index contributed by atoms with van der Waals surface area (Å²) in [4.78, 5) is 11.1. The number of hydrogen-bond donors (Lipinski definition) is 2. The van der Waals surface area contributed by atoms with Crippen LogP contribution in [-0.2, 0) is 13.6 Å². The van der Waals surface area contributed by atoms with Crippen LogP contribution in [0.1, 0.15) is 49.2 Å². The zero-order chi connectivity index (χ0) is 14.0. The number of rotatable bonds is 4. The summed E-state index contributed by atoms with van der Waals surface area (Å²) < 4.78 is 1.65. The van der Waals surface area contributed by atoms with Crippen LogP contribution >= 0.6 is 0 Å². The highest BCUT2D eigenvalue weighted by Crippen LogP contribution is 2.29. The molecule has 1 aromatic heterocycles. The molecule has 1 fully saturated rings. The molecule has 2 N–H and O–H groups in total. The Morgan fingerprint density at radius 1 is 1.53 bits per heavy atom. The first kappa shape index (κ1) is 14.1. The standard InChI is InChI=1S/C14H23N3O2/c1-9-5-4-6-12(10(9)2)15-8-13-11(14(18)19)7-16-17(13)3/h7,9-10,12,15H,4-6,8H2,1-3H3,(H,18,19). The van der Waals surface area contributed by atoms with E-state index in [2.05, 4.69) is 24.3 Å². The number of nitrogens with one attached hydrogen (secondary N) is 1. The van der Waals surface area contributed by atoms with Gasteiger partial charge in [-0.1, -0.05) is 26.7 Å². The van der Waals surface area contributed by atoms with E-state index in [0.717, 1.165) is 11.6 Å². The molecule has 0 aliphatic heterocycles. The maximum Gasteiger partial charge on any atom is 0.339 e. The monoisotopic (exact) mass is 265 g/mol. The molecule has 1 saturated carbocycles. The SMILES string of the molecule is CC1CCCC(NCc2c(C(=O)O)cnn2C)C1C. The number of aryl methyl sites for hydroxylation is 1. The highest BCUT2D eigenvalue weighted by Gasteiger charge is 2.27. The molecular weight excluding hydrogens is 242 g/mol. The maximum atomic E-state index is 11.1. The molecular formula is C14H23N3O2. The molecule has 106 valence electrons. The van der Waals surface area contributed by atoms with Crippen LogP contribution in [0.15, 0.2) is 6.20 Å². The van der Waals surface area contributed by atoms with E-state index in [0.29, 0.717) is 24.1 Å². The minimum Gasteiger partial charge on any atom is -0.478 e.